The summed E-state index contributed by atoms with van der Waals surface area (Å²) in [5.41, 5.74) is 6.34. The molecule has 0 spiro atoms. The van der Waals surface area contributed by atoms with Gasteiger partial charge >= 0.3 is 0 Å². The van der Waals surface area contributed by atoms with Crippen LogP contribution in [0.4, 0.5) is 5.82 Å². The van der Waals surface area contributed by atoms with Crippen molar-refractivity contribution in [3.8, 4) is 0 Å². The summed E-state index contributed by atoms with van der Waals surface area (Å²) in [6.07, 6.45) is 2.23. The molecule has 1 atom stereocenters. The second kappa shape index (κ2) is 4.96. The molecule has 1 unspecified atom stereocenters. The summed E-state index contributed by atoms with van der Waals surface area (Å²) in [4.78, 5) is 4.49. The fraction of sp³-hybridized carbons (Fsp3) is 0.400. The van der Waals surface area contributed by atoms with E-state index in [1.165, 1.54) is 4.31 Å². The van der Waals surface area contributed by atoms with Crippen LogP contribution in [0.15, 0.2) is 35.2 Å². The van der Waals surface area contributed by atoms with Crippen LogP contribution in [0, 0.1) is 5.92 Å². The lowest BCUT2D eigenvalue weighted by Crippen LogP contribution is -2.36. The molecule has 1 heterocycles. The lowest BCUT2D eigenvalue weighted by molar-refractivity contribution is 0.357. The van der Waals surface area contributed by atoms with E-state index in [-0.39, 0.29) is 6.04 Å². The molecule has 0 radical (unpaired) electrons. The van der Waals surface area contributed by atoms with Gasteiger partial charge < -0.3 is 5.73 Å². The van der Waals surface area contributed by atoms with Crippen LogP contribution in [-0.4, -0.2) is 30.8 Å². The van der Waals surface area contributed by atoms with E-state index in [1.54, 1.807) is 37.4 Å². The number of aromatic nitrogens is 1. The molecule has 1 aliphatic rings. The summed E-state index contributed by atoms with van der Waals surface area (Å²) in [5.74, 6) is 0.921. The number of pyridine rings is 1. The molecule has 112 valence electrons. The average Bonchev–Trinajstić information content (AvgIpc) is 3.29. The Morgan fingerprint density at radius 2 is 2.00 bits per heavy atom. The third-order valence-electron chi connectivity index (χ3n) is 4.24. The molecule has 0 amide bonds. The van der Waals surface area contributed by atoms with Crippen molar-refractivity contribution in [3.63, 3.8) is 0 Å². The molecule has 3 rings (SSSR count). The van der Waals surface area contributed by atoms with Crippen LogP contribution >= 0.6 is 0 Å². The number of hydrogen-bond acceptors (Lipinski definition) is 4. The van der Waals surface area contributed by atoms with Gasteiger partial charge in [0.05, 0.1) is 10.4 Å². The Labute approximate surface area is 124 Å². The van der Waals surface area contributed by atoms with E-state index in [4.69, 9.17) is 5.73 Å². The maximum Gasteiger partial charge on any atom is 0.243 e. The quantitative estimate of drug-likeness (QED) is 0.940. The summed E-state index contributed by atoms with van der Waals surface area (Å²) >= 11 is 0. The van der Waals surface area contributed by atoms with E-state index < -0.39 is 10.0 Å². The number of nitrogens with zero attached hydrogens (tertiary/aromatic N) is 2. The monoisotopic (exact) mass is 305 g/mol. The van der Waals surface area contributed by atoms with Gasteiger partial charge in [0.25, 0.3) is 0 Å². The van der Waals surface area contributed by atoms with Crippen molar-refractivity contribution in [2.24, 2.45) is 5.92 Å². The number of nitrogen functional groups attached to an aromatic ring is 1. The first-order chi connectivity index (χ1) is 9.89. The molecule has 0 saturated heterocycles. The van der Waals surface area contributed by atoms with E-state index in [0.717, 1.165) is 18.2 Å². The fourth-order valence-corrected chi connectivity index (χ4v) is 4.00. The van der Waals surface area contributed by atoms with Gasteiger partial charge in [-0.3, -0.25) is 0 Å². The van der Waals surface area contributed by atoms with Crippen LogP contribution in [0.1, 0.15) is 19.8 Å². The highest BCUT2D eigenvalue weighted by atomic mass is 32.2. The van der Waals surface area contributed by atoms with Crippen LogP contribution in [-0.2, 0) is 10.0 Å². The molecule has 2 aromatic rings. The smallest absolute Gasteiger partial charge is 0.243 e. The number of hydrogen-bond donors (Lipinski definition) is 1. The number of nitrogens with two attached hydrogens (primary N) is 1. The predicted octanol–water partition coefficient (Wildman–Crippen LogP) is 2.24. The summed E-state index contributed by atoms with van der Waals surface area (Å²) < 4.78 is 26.9. The number of rotatable bonds is 4. The van der Waals surface area contributed by atoms with E-state index in [0.29, 0.717) is 22.1 Å². The minimum Gasteiger partial charge on any atom is -0.384 e. The highest BCUT2D eigenvalue weighted by Gasteiger charge is 2.36. The molecule has 0 aliphatic heterocycles. The summed E-state index contributed by atoms with van der Waals surface area (Å²) in [5, 5.41) is 0.776. The third-order valence-corrected chi connectivity index (χ3v) is 6.18. The molecule has 1 aliphatic carbocycles. The van der Waals surface area contributed by atoms with E-state index in [9.17, 15) is 8.42 Å². The van der Waals surface area contributed by atoms with Gasteiger partial charge in [0.2, 0.25) is 10.0 Å². The Bertz CT molecular complexity index is 785. The summed E-state index contributed by atoms with van der Waals surface area (Å²) in [7, 11) is -1.81. The van der Waals surface area contributed by atoms with E-state index in [2.05, 4.69) is 4.98 Å². The Balaban J connectivity index is 2.00. The SMILES string of the molecule is CC(C1CC1)N(C)S(=O)(=O)c1ccc2nc(N)ccc2c1. The van der Waals surface area contributed by atoms with E-state index in [1.807, 2.05) is 6.92 Å². The average molecular weight is 305 g/mol. The number of anilines is 1. The minimum absolute atomic E-state index is 0.0373. The Morgan fingerprint density at radius 1 is 1.29 bits per heavy atom. The van der Waals surface area contributed by atoms with Crippen LogP contribution < -0.4 is 5.73 Å². The van der Waals surface area contributed by atoms with Gasteiger partial charge in [0.1, 0.15) is 5.82 Å². The molecule has 1 aromatic carbocycles. The van der Waals surface area contributed by atoms with Crippen molar-refractivity contribution in [2.75, 3.05) is 12.8 Å². The highest BCUT2D eigenvalue weighted by molar-refractivity contribution is 7.89. The molecule has 1 saturated carbocycles. The third kappa shape index (κ3) is 2.61. The molecular formula is C15H19N3O2S. The molecule has 0 bridgehead atoms. The van der Waals surface area contributed by atoms with Gasteiger partial charge in [-0.05, 0) is 56.0 Å². The Kier molecular flexibility index (Phi) is 3.37. The molecular weight excluding hydrogens is 286 g/mol. The van der Waals surface area contributed by atoms with Crippen molar-refractivity contribution in [2.45, 2.75) is 30.7 Å². The van der Waals surface area contributed by atoms with Gasteiger partial charge in [0.15, 0.2) is 0 Å². The van der Waals surface area contributed by atoms with Crippen LogP contribution in [0.25, 0.3) is 10.9 Å². The van der Waals surface area contributed by atoms with Gasteiger partial charge in [-0.25, -0.2) is 13.4 Å². The summed E-state index contributed by atoms with van der Waals surface area (Å²) in [6.45, 7) is 1.97. The minimum atomic E-state index is -3.47. The maximum absolute atomic E-state index is 12.7. The zero-order chi connectivity index (χ0) is 15.2. The van der Waals surface area contributed by atoms with E-state index >= 15 is 0 Å². The highest BCUT2D eigenvalue weighted by Crippen LogP contribution is 2.36. The number of fused-ring (bicyclic) bond motifs is 1. The first-order valence-corrected chi connectivity index (χ1v) is 8.48. The first-order valence-electron chi connectivity index (χ1n) is 7.04. The van der Waals surface area contributed by atoms with Crippen LogP contribution in [0.5, 0.6) is 0 Å². The normalized spacial score (nSPS) is 17.3. The standard InChI is InChI=1S/C15H19N3O2S/c1-10(11-3-4-11)18(2)21(19,20)13-6-7-14-12(9-13)5-8-15(16)17-14/h5-11H,3-4H2,1-2H3,(H2,16,17). The van der Waals surface area contributed by atoms with Gasteiger partial charge in [-0.15, -0.1) is 0 Å². The van der Waals surface area contributed by atoms with Crippen molar-refractivity contribution in [3.05, 3.63) is 30.3 Å². The van der Waals surface area contributed by atoms with Crippen molar-refractivity contribution in [1.29, 1.82) is 0 Å². The lowest BCUT2D eigenvalue weighted by atomic mass is 10.2. The largest absolute Gasteiger partial charge is 0.384 e. The maximum atomic E-state index is 12.7. The van der Waals surface area contributed by atoms with Crippen molar-refractivity contribution < 1.29 is 8.42 Å². The molecule has 1 fully saturated rings. The van der Waals surface area contributed by atoms with Gasteiger partial charge in [0, 0.05) is 18.5 Å². The molecule has 5 nitrogen and oxygen atoms in total. The molecule has 2 N–H and O–H groups in total. The van der Waals surface area contributed by atoms with Crippen molar-refractivity contribution >= 4 is 26.7 Å². The Morgan fingerprint density at radius 3 is 2.67 bits per heavy atom. The second-order valence-electron chi connectivity index (χ2n) is 5.69. The predicted molar refractivity (Wildman–Crippen MR) is 83.3 cm³/mol. The number of sulfonamides is 1. The molecule has 1 aromatic heterocycles. The fourth-order valence-electron chi connectivity index (χ4n) is 2.54. The topological polar surface area (TPSA) is 76.3 Å². The van der Waals surface area contributed by atoms with Gasteiger partial charge in [-0.1, -0.05) is 0 Å². The Hall–Kier alpha value is -1.66. The molecule has 6 heteroatoms. The summed E-state index contributed by atoms with van der Waals surface area (Å²) in [6, 6.07) is 8.47. The van der Waals surface area contributed by atoms with Crippen molar-refractivity contribution in [1.82, 2.24) is 9.29 Å². The van der Waals surface area contributed by atoms with Crippen LogP contribution in [0.3, 0.4) is 0 Å². The van der Waals surface area contributed by atoms with Crippen LogP contribution in [0.2, 0.25) is 0 Å². The van der Waals surface area contributed by atoms with Gasteiger partial charge in [-0.2, -0.15) is 4.31 Å². The number of benzene rings is 1. The zero-order valence-electron chi connectivity index (χ0n) is 12.2. The first kappa shape index (κ1) is 14.3. The lowest BCUT2D eigenvalue weighted by Gasteiger charge is -2.24. The zero-order valence-corrected chi connectivity index (χ0v) is 13.0. The molecule has 21 heavy (non-hydrogen) atoms. The second-order valence-corrected chi connectivity index (χ2v) is 7.69.